The first-order valence-electron chi connectivity index (χ1n) is 16.6. The van der Waals surface area contributed by atoms with Crippen molar-refractivity contribution in [3.63, 3.8) is 0 Å². The van der Waals surface area contributed by atoms with Crippen LogP contribution in [0.15, 0.2) is 146 Å². The van der Waals surface area contributed by atoms with E-state index in [0.717, 1.165) is 12.8 Å². The lowest BCUT2D eigenvalue weighted by atomic mass is 9.80. The zero-order chi connectivity index (χ0) is 31.5. The van der Waals surface area contributed by atoms with Crippen molar-refractivity contribution in [2.24, 2.45) is 0 Å². The molecule has 9 rings (SSSR count). The molecule has 47 heavy (non-hydrogen) atoms. The molecule has 2 aliphatic rings. The molecule has 224 valence electrons. The largest absolute Gasteiger partial charge is 0.354 e. The third-order valence-corrected chi connectivity index (χ3v) is 10.3. The van der Waals surface area contributed by atoms with Crippen molar-refractivity contribution in [1.82, 2.24) is 0 Å². The van der Waals surface area contributed by atoms with Crippen molar-refractivity contribution in [3.8, 4) is 55.6 Å². The molecule has 0 heterocycles. The molecule has 7 aromatic carbocycles. The predicted octanol–water partition coefficient (Wildman–Crippen LogP) is 12.2. The van der Waals surface area contributed by atoms with Crippen molar-refractivity contribution < 1.29 is 0 Å². The zero-order valence-electron chi connectivity index (χ0n) is 26.8. The summed E-state index contributed by atoms with van der Waals surface area (Å²) in [5.41, 5.74) is 23.5. The number of rotatable bonds is 5. The Bertz CT molecular complexity index is 2310. The number of nitrogens with one attached hydrogen (secondary N) is 1. The molecule has 2 aliphatic carbocycles. The highest BCUT2D eigenvalue weighted by molar-refractivity contribution is 6.11. The number of anilines is 2. The minimum absolute atomic E-state index is 0.885. The van der Waals surface area contributed by atoms with Crippen LogP contribution in [0.3, 0.4) is 0 Å². The summed E-state index contributed by atoms with van der Waals surface area (Å²) >= 11 is 0. The summed E-state index contributed by atoms with van der Waals surface area (Å²) in [6.45, 7) is 4.54. The molecule has 0 spiro atoms. The number of hydrogen-bond donors (Lipinski definition) is 1. The van der Waals surface area contributed by atoms with E-state index in [2.05, 4.69) is 165 Å². The van der Waals surface area contributed by atoms with Crippen molar-refractivity contribution in [1.29, 1.82) is 0 Å². The molecule has 0 amide bonds. The second-order valence-electron chi connectivity index (χ2n) is 13.0. The smallest absolute Gasteiger partial charge is 0.0513 e. The van der Waals surface area contributed by atoms with Gasteiger partial charge in [-0.25, -0.2) is 0 Å². The predicted molar refractivity (Wildman–Crippen MR) is 198 cm³/mol. The summed E-state index contributed by atoms with van der Waals surface area (Å²) in [5.74, 6) is 0. The standard InChI is InChI=1S/C46H35N/c1-29-26-38-36-24-14-12-22-34(36)27-39(38)45(30(29)2)47-46-40-28-35-23-13-15-25-37(35)44(40)42(32-18-8-4-9-19-32)41(31-16-6-3-7-17-31)43(46)33-20-10-5-11-21-33/h3-26,47H,27-28H2,1-2H3. The van der Waals surface area contributed by atoms with E-state index in [1.54, 1.807) is 0 Å². The molecule has 0 aromatic heterocycles. The fourth-order valence-corrected chi connectivity index (χ4v) is 8.02. The summed E-state index contributed by atoms with van der Waals surface area (Å²) in [4.78, 5) is 0. The van der Waals surface area contributed by atoms with E-state index in [0.29, 0.717) is 0 Å². The van der Waals surface area contributed by atoms with Gasteiger partial charge in [0.05, 0.1) is 5.69 Å². The van der Waals surface area contributed by atoms with Crippen molar-refractivity contribution >= 4 is 11.4 Å². The van der Waals surface area contributed by atoms with Gasteiger partial charge < -0.3 is 5.32 Å². The van der Waals surface area contributed by atoms with E-state index in [9.17, 15) is 0 Å². The molecule has 0 saturated carbocycles. The molecule has 0 bridgehead atoms. The Kier molecular flexibility index (Phi) is 6.47. The van der Waals surface area contributed by atoms with E-state index < -0.39 is 0 Å². The normalized spacial score (nSPS) is 12.3. The first-order chi connectivity index (χ1) is 23.2. The van der Waals surface area contributed by atoms with Crippen LogP contribution in [0.2, 0.25) is 0 Å². The summed E-state index contributed by atoms with van der Waals surface area (Å²) in [5, 5.41) is 4.24. The average molecular weight is 602 g/mol. The molecule has 0 atom stereocenters. The molecule has 1 nitrogen and oxygen atoms in total. The molecule has 7 aromatic rings. The fraction of sp³-hybridized carbons (Fsp3) is 0.0870. The second kappa shape index (κ2) is 11.0. The van der Waals surface area contributed by atoms with E-state index >= 15 is 0 Å². The molecule has 0 aliphatic heterocycles. The zero-order valence-corrected chi connectivity index (χ0v) is 26.8. The third kappa shape index (κ3) is 4.38. The summed E-state index contributed by atoms with van der Waals surface area (Å²) in [6.07, 6.45) is 1.82. The fourth-order valence-electron chi connectivity index (χ4n) is 8.02. The van der Waals surface area contributed by atoms with Crippen LogP contribution < -0.4 is 5.32 Å². The van der Waals surface area contributed by atoms with Gasteiger partial charge in [-0.1, -0.05) is 146 Å². The summed E-state index contributed by atoms with van der Waals surface area (Å²) in [7, 11) is 0. The molecule has 0 unspecified atom stereocenters. The van der Waals surface area contributed by atoms with Crippen LogP contribution in [0.1, 0.15) is 33.4 Å². The van der Waals surface area contributed by atoms with Crippen LogP contribution in [-0.2, 0) is 12.8 Å². The van der Waals surface area contributed by atoms with Crippen LogP contribution in [0.25, 0.3) is 55.6 Å². The quantitative estimate of drug-likeness (QED) is 0.207. The first kappa shape index (κ1) is 27.6. The Morgan fingerprint density at radius 3 is 1.49 bits per heavy atom. The Morgan fingerprint density at radius 2 is 0.872 bits per heavy atom. The molecular weight excluding hydrogens is 567 g/mol. The molecule has 0 fully saturated rings. The van der Waals surface area contributed by atoms with Crippen LogP contribution in [-0.4, -0.2) is 0 Å². The van der Waals surface area contributed by atoms with Gasteiger partial charge in [0, 0.05) is 29.7 Å². The maximum atomic E-state index is 4.24. The highest BCUT2D eigenvalue weighted by Gasteiger charge is 2.33. The lowest BCUT2D eigenvalue weighted by molar-refractivity contribution is 1.21. The second-order valence-corrected chi connectivity index (χ2v) is 13.0. The minimum atomic E-state index is 0.885. The van der Waals surface area contributed by atoms with Crippen LogP contribution in [0.5, 0.6) is 0 Å². The molecular formula is C46H35N. The molecule has 0 saturated heterocycles. The molecule has 0 radical (unpaired) electrons. The molecule has 1 heteroatoms. The Hall–Kier alpha value is -5.66. The summed E-state index contributed by atoms with van der Waals surface area (Å²) < 4.78 is 0. The number of fused-ring (bicyclic) bond motifs is 6. The van der Waals surface area contributed by atoms with Gasteiger partial charge in [0.2, 0.25) is 0 Å². The Labute approximate surface area is 277 Å². The molecule has 1 N–H and O–H groups in total. The monoisotopic (exact) mass is 601 g/mol. The number of benzene rings is 7. The maximum absolute atomic E-state index is 4.24. The summed E-state index contributed by atoms with van der Waals surface area (Å²) in [6, 6.07) is 53.3. The van der Waals surface area contributed by atoms with Gasteiger partial charge in [-0.2, -0.15) is 0 Å². The van der Waals surface area contributed by atoms with E-state index in [4.69, 9.17) is 0 Å². The van der Waals surface area contributed by atoms with Crippen molar-refractivity contribution in [2.75, 3.05) is 5.32 Å². The maximum Gasteiger partial charge on any atom is 0.0513 e. The van der Waals surface area contributed by atoms with Crippen LogP contribution in [0, 0.1) is 13.8 Å². The minimum Gasteiger partial charge on any atom is -0.354 e. The highest BCUT2D eigenvalue weighted by atomic mass is 14.9. The number of hydrogen-bond acceptors (Lipinski definition) is 1. The van der Waals surface area contributed by atoms with Crippen LogP contribution in [0.4, 0.5) is 11.4 Å². The van der Waals surface area contributed by atoms with Gasteiger partial charge in [0.1, 0.15) is 0 Å². The third-order valence-electron chi connectivity index (χ3n) is 10.3. The lowest BCUT2D eigenvalue weighted by Gasteiger charge is -2.27. The van der Waals surface area contributed by atoms with Gasteiger partial charge in [0.15, 0.2) is 0 Å². The van der Waals surface area contributed by atoms with E-state index in [1.807, 2.05) is 0 Å². The van der Waals surface area contributed by atoms with Gasteiger partial charge in [-0.05, 0) is 91.7 Å². The van der Waals surface area contributed by atoms with Crippen LogP contribution >= 0.6 is 0 Å². The van der Waals surface area contributed by atoms with E-state index in [1.165, 1.54) is 100 Å². The topological polar surface area (TPSA) is 12.0 Å². The van der Waals surface area contributed by atoms with Gasteiger partial charge >= 0.3 is 0 Å². The highest BCUT2D eigenvalue weighted by Crippen LogP contribution is 2.56. The Morgan fingerprint density at radius 1 is 0.404 bits per heavy atom. The lowest BCUT2D eigenvalue weighted by Crippen LogP contribution is -2.07. The SMILES string of the molecule is Cc1cc2c(c(Nc3c4c(c(-c5ccccc5)c(-c5ccccc5)c3-c3ccccc3)-c3ccccc3C4)c1C)Cc1ccccc1-2. The van der Waals surface area contributed by atoms with Gasteiger partial charge in [-0.15, -0.1) is 0 Å². The average Bonchev–Trinajstić information content (AvgIpc) is 3.70. The van der Waals surface area contributed by atoms with E-state index in [-0.39, 0.29) is 0 Å². The Balaban J connectivity index is 1.42. The first-order valence-corrected chi connectivity index (χ1v) is 16.6. The van der Waals surface area contributed by atoms with Crippen molar-refractivity contribution in [3.05, 3.63) is 179 Å². The van der Waals surface area contributed by atoms with Gasteiger partial charge in [0.25, 0.3) is 0 Å². The number of aryl methyl sites for hydroxylation is 1. The van der Waals surface area contributed by atoms with Crippen molar-refractivity contribution in [2.45, 2.75) is 26.7 Å². The van der Waals surface area contributed by atoms with Gasteiger partial charge in [-0.3, -0.25) is 0 Å².